The lowest BCUT2D eigenvalue weighted by Gasteiger charge is -2.11. The molecule has 0 unspecified atom stereocenters. The summed E-state index contributed by atoms with van der Waals surface area (Å²) in [6, 6.07) is 0.666. The Hall–Kier alpha value is -1.70. The van der Waals surface area contributed by atoms with Crippen molar-refractivity contribution < 1.29 is 23.1 Å². The van der Waals surface area contributed by atoms with Crippen molar-refractivity contribution >= 4 is 20.9 Å². The summed E-state index contributed by atoms with van der Waals surface area (Å²) in [6.07, 6.45) is 0. The van der Waals surface area contributed by atoms with Crippen LogP contribution in [-0.4, -0.2) is 39.6 Å². The Bertz CT molecular complexity index is 613. The average molecular weight is 288 g/mol. The van der Waals surface area contributed by atoms with Gasteiger partial charge in [-0.3, -0.25) is 9.48 Å². The van der Waals surface area contributed by atoms with E-state index in [0.717, 1.165) is 10.7 Å². The topological polar surface area (TPSA) is 106 Å². The Morgan fingerprint density at radius 3 is 2.16 bits per heavy atom. The van der Waals surface area contributed by atoms with E-state index in [1.165, 1.54) is 13.8 Å². The van der Waals surface area contributed by atoms with Crippen LogP contribution in [0.3, 0.4) is 0 Å². The van der Waals surface area contributed by atoms with Crippen LogP contribution in [-0.2, 0) is 9.84 Å². The first kappa shape index (κ1) is 15.4. The maximum absolute atomic E-state index is 12.0. The van der Waals surface area contributed by atoms with Crippen LogP contribution in [0.2, 0.25) is 0 Å². The van der Waals surface area contributed by atoms with Gasteiger partial charge in [0, 0.05) is 12.1 Å². The Kier molecular flexibility index (Phi) is 4.14. The van der Waals surface area contributed by atoms with Gasteiger partial charge in [0.1, 0.15) is 5.69 Å². The fourth-order valence-electron chi connectivity index (χ4n) is 1.40. The second-order valence-electron chi connectivity index (χ2n) is 4.64. The van der Waals surface area contributed by atoms with Gasteiger partial charge in [-0.1, -0.05) is 0 Å². The number of nitrogens with zero attached hydrogens (tertiary/aromatic N) is 2. The Morgan fingerprint density at radius 2 is 1.79 bits per heavy atom. The van der Waals surface area contributed by atoms with Crippen LogP contribution in [0.1, 0.15) is 54.7 Å². The van der Waals surface area contributed by atoms with E-state index >= 15 is 0 Å². The van der Waals surface area contributed by atoms with Crippen molar-refractivity contribution in [3.8, 4) is 0 Å². The fraction of sp³-hybridized carbons (Fsp3) is 0.545. The lowest BCUT2D eigenvalue weighted by molar-refractivity contribution is 0.0689. The van der Waals surface area contributed by atoms with Gasteiger partial charge in [0.25, 0.3) is 5.12 Å². The second kappa shape index (κ2) is 5.12. The standard InChI is InChI=1S/C11H16N2O5S/c1-6(2)13-9(5-8(12-13)10(14)15)11(16)19(17,18)7(3)4/h5-7H,1-4H3,(H,14,15). The number of carboxylic acids is 1. The van der Waals surface area contributed by atoms with Crippen LogP contribution in [0, 0.1) is 0 Å². The summed E-state index contributed by atoms with van der Waals surface area (Å²) in [5.74, 6) is -1.31. The molecule has 1 aromatic heterocycles. The molecule has 106 valence electrons. The quantitative estimate of drug-likeness (QED) is 0.890. The second-order valence-corrected chi connectivity index (χ2v) is 7.04. The molecule has 0 bridgehead atoms. The Morgan fingerprint density at radius 1 is 1.26 bits per heavy atom. The molecule has 1 aromatic rings. The highest BCUT2D eigenvalue weighted by molar-refractivity contribution is 8.07. The molecule has 0 aliphatic carbocycles. The van der Waals surface area contributed by atoms with Crippen LogP contribution in [0.5, 0.6) is 0 Å². The number of carbonyl (C=O) groups excluding carboxylic acids is 1. The molecule has 0 atom stereocenters. The van der Waals surface area contributed by atoms with Gasteiger partial charge in [-0.05, 0) is 27.7 Å². The normalized spacial score (nSPS) is 12.1. The average Bonchev–Trinajstić information content (AvgIpc) is 2.72. The minimum atomic E-state index is -3.99. The molecular formula is C11H16N2O5S. The predicted octanol–water partition coefficient (Wildman–Crippen LogP) is 1.13. The number of aromatic carboxylic acids is 1. The molecule has 1 N–H and O–H groups in total. The summed E-state index contributed by atoms with van der Waals surface area (Å²) in [5, 5.41) is 10.6. The van der Waals surface area contributed by atoms with E-state index < -0.39 is 26.2 Å². The first-order valence-corrected chi connectivity index (χ1v) is 7.24. The van der Waals surface area contributed by atoms with E-state index in [9.17, 15) is 18.0 Å². The molecule has 0 spiro atoms. The van der Waals surface area contributed by atoms with E-state index in [1.807, 2.05) is 0 Å². The fourth-order valence-corrected chi connectivity index (χ4v) is 2.28. The number of hydrogen-bond acceptors (Lipinski definition) is 5. The van der Waals surface area contributed by atoms with Crippen molar-refractivity contribution in [3.63, 3.8) is 0 Å². The highest BCUT2D eigenvalue weighted by atomic mass is 32.2. The first-order chi connectivity index (χ1) is 8.59. The van der Waals surface area contributed by atoms with Gasteiger partial charge in [0.05, 0.1) is 5.25 Å². The Labute approximate surface area is 111 Å². The van der Waals surface area contributed by atoms with Crippen LogP contribution in [0.4, 0.5) is 0 Å². The molecule has 0 aliphatic heterocycles. The van der Waals surface area contributed by atoms with Crippen LogP contribution in [0.15, 0.2) is 6.07 Å². The van der Waals surface area contributed by atoms with Gasteiger partial charge < -0.3 is 5.11 Å². The number of hydrogen-bond donors (Lipinski definition) is 1. The number of carboxylic acid groups (broad SMARTS) is 1. The number of sulfone groups is 1. The van der Waals surface area contributed by atoms with Crippen LogP contribution < -0.4 is 0 Å². The molecule has 19 heavy (non-hydrogen) atoms. The maximum atomic E-state index is 12.0. The van der Waals surface area contributed by atoms with Gasteiger partial charge >= 0.3 is 5.97 Å². The summed E-state index contributed by atoms with van der Waals surface area (Å²) in [6.45, 7) is 6.14. The molecule has 0 amide bonds. The molecule has 1 rings (SSSR count). The van der Waals surface area contributed by atoms with E-state index in [2.05, 4.69) is 5.10 Å². The molecule has 1 heterocycles. The predicted molar refractivity (Wildman–Crippen MR) is 68.0 cm³/mol. The lowest BCUT2D eigenvalue weighted by Crippen LogP contribution is -2.26. The van der Waals surface area contributed by atoms with Gasteiger partial charge in [-0.15, -0.1) is 0 Å². The smallest absolute Gasteiger partial charge is 0.356 e. The monoisotopic (exact) mass is 288 g/mol. The summed E-state index contributed by atoms with van der Waals surface area (Å²) < 4.78 is 24.8. The molecular weight excluding hydrogens is 272 g/mol. The summed E-state index contributed by atoms with van der Waals surface area (Å²) in [4.78, 5) is 22.9. The molecule has 0 saturated heterocycles. The third kappa shape index (κ3) is 2.83. The highest BCUT2D eigenvalue weighted by Crippen LogP contribution is 2.17. The zero-order chi connectivity index (χ0) is 15.0. The van der Waals surface area contributed by atoms with Crippen molar-refractivity contribution in [2.24, 2.45) is 0 Å². The summed E-state index contributed by atoms with van der Waals surface area (Å²) in [5.41, 5.74) is -0.572. The number of aromatic nitrogens is 2. The molecule has 8 heteroatoms. The van der Waals surface area contributed by atoms with Gasteiger partial charge in [-0.25, -0.2) is 13.2 Å². The van der Waals surface area contributed by atoms with Crippen molar-refractivity contribution in [1.29, 1.82) is 0 Å². The molecule has 0 aromatic carbocycles. The Balaban J connectivity index is 3.42. The minimum absolute atomic E-state index is 0.221. The van der Waals surface area contributed by atoms with E-state index in [-0.39, 0.29) is 17.4 Å². The van der Waals surface area contributed by atoms with Crippen molar-refractivity contribution in [3.05, 3.63) is 17.5 Å². The first-order valence-electron chi connectivity index (χ1n) is 5.70. The third-order valence-corrected chi connectivity index (χ3v) is 4.50. The van der Waals surface area contributed by atoms with Gasteiger partial charge in [-0.2, -0.15) is 5.10 Å². The molecule has 0 radical (unpaired) electrons. The molecule has 0 aliphatic rings. The highest BCUT2D eigenvalue weighted by Gasteiger charge is 2.32. The van der Waals surface area contributed by atoms with E-state index in [0.29, 0.717) is 0 Å². The van der Waals surface area contributed by atoms with Crippen molar-refractivity contribution in [2.45, 2.75) is 39.0 Å². The minimum Gasteiger partial charge on any atom is -0.476 e. The number of rotatable bonds is 4. The van der Waals surface area contributed by atoms with Crippen molar-refractivity contribution in [2.75, 3.05) is 0 Å². The van der Waals surface area contributed by atoms with Crippen LogP contribution in [0.25, 0.3) is 0 Å². The third-order valence-electron chi connectivity index (χ3n) is 2.53. The zero-order valence-corrected chi connectivity index (χ0v) is 11.9. The largest absolute Gasteiger partial charge is 0.476 e. The molecule has 7 nitrogen and oxygen atoms in total. The molecule has 0 saturated carbocycles. The zero-order valence-electron chi connectivity index (χ0n) is 11.1. The SMILES string of the molecule is CC(C)n1nc(C(=O)O)cc1C(=O)S(=O)(=O)C(C)C. The van der Waals surface area contributed by atoms with E-state index in [4.69, 9.17) is 5.11 Å². The van der Waals surface area contributed by atoms with E-state index in [1.54, 1.807) is 13.8 Å². The van der Waals surface area contributed by atoms with Crippen molar-refractivity contribution in [1.82, 2.24) is 9.78 Å². The van der Waals surface area contributed by atoms with Gasteiger partial charge in [0.2, 0.25) is 9.84 Å². The van der Waals surface area contributed by atoms with Gasteiger partial charge in [0.15, 0.2) is 5.69 Å². The summed E-state index contributed by atoms with van der Waals surface area (Å²) >= 11 is 0. The number of carbonyl (C=O) groups is 2. The molecule has 0 fully saturated rings. The maximum Gasteiger partial charge on any atom is 0.356 e. The lowest BCUT2D eigenvalue weighted by atomic mass is 10.3. The van der Waals surface area contributed by atoms with Crippen LogP contribution >= 0.6 is 0 Å². The summed E-state index contributed by atoms with van der Waals surface area (Å²) in [7, 11) is -3.99.